The molecule has 0 aromatic heterocycles. The molecule has 2 aliphatic rings. The quantitative estimate of drug-likeness (QED) is 0.694. The van der Waals surface area contributed by atoms with Crippen molar-refractivity contribution < 1.29 is 13.2 Å². The van der Waals surface area contributed by atoms with Crippen molar-refractivity contribution in [2.75, 3.05) is 25.9 Å². The number of piperidine rings is 1. The van der Waals surface area contributed by atoms with Gasteiger partial charge in [-0.2, -0.15) is 0 Å². The second-order valence-corrected chi connectivity index (χ2v) is 6.98. The number of carbonyl (C=O) groups is 1. The van der Waals surface area contributed by atoms with E-state index in [0.717, 1.165) is 25.8 Å². The molecular formula is C11H21N3O3S. The second-order valence-electron chi connectivity index (χ2n) is 4.94. The molecule has 0 saturated carbocycles. The summed E-state index contributed by atoms with van der Waals surface area (Å²) in [6.45, 7) is 1.25. The van der Waals surface area contributed by atoms with Crippen LogP contribution in [0.3, 0.4) is 0 Å². The molecule has 2 aliphatic heterocycles. The summed E-state index contributed by atoms with van der Waals surface area (Å²) < 4.78 is 24.9. The van der Waals surface area contributed by atoms with Crippen LogP contribution in [0.5, 0.6) is 0 Å². The van der Waals surface area contributed by atoms with Crippen molar-refractivity contribution in [3.05, 3.63) is 0 Å². The van der Waals surface area contributed by atoms with Crippen molar-refractivity contribution in [1.29, 1.82) is 0 Å². The molecule has 0 bridgehead atoms. The number of sulfonamides is 1. The highest BCUT2D eigenvalue weighted by Crippen LogP contribution is 2.27. The molecule has 0 aromatic rings. The van der Waals surface area contributed by atoms with Crippen LogP contribution in [0.4, 0.5) is 0 Å². The van der Waals surface area contributed by atoms with E-state index < -0.39 is 10.0 Å². The molecular weight excluding hydrogens is 254 g/mol. The number of hydrogen-bond acceptors (Lipinski definition) is 4. The predicted octanol–water partition coefficient (Wildman–Crippen LogP) is -0.721. The van der Waals surface area contributed by atoms with Crippen molar-refractivity contribution in [3.63, 3.8) is 0 Å². The van der Waals surface area contributed by atoms with Crippen molar-refractivity contribution >= 4 is 15.9 Å². The molecule has 2 fully saturated rings. The summed E-state index contributed by atoms with van der Waals surface area (Å²) in [6, 6.07) is 0.383. The minimum atomic E-state index is -3.17. The Morgan fingerprint density at radius 3 is 2.89 bits per heavy atom. The minimum Gasteiger partial charge on any atom is -0.338 e. The van der Waals surface area contributed by atoms with E-state index in [1.807, 2.05) is 4.90 Å². The highest BCUT2D eigenvalue weighted by molar-refractivity contribution is 7.89. The van der Waals surface area contributed by atoms with Crippen LogP contribution in [0.2, 0.25) is 0 Å². The van der Waals surface area contributed by atoms with Gasteiger partial charge in [-0.1, -0.05) is 0 Å². The molecule has 2 unspecified atom stereocenters. The fourth-order valence-electron chi connectivity index (χ4n) is 2.82. The van der Waals surface area contributed by atoms with Crippen LogP contribution < -0.4 is 10.0 Å². The summed E-state index contributed by atoms with van der Waals surface area (Å²) in [5.74, 6) is 0.259. The molecule has 1 amide bonds. The summed E-state index contributed by atoms with van der Waals surface area (Å²) in [5.41, 5.74) is 0. The van der Waals surface area contributed by atoms with E-state index in [-0.39, 0.29) is 23.7 Å². The van der Waals surface area contributed by atoms with Crippen LogP contribution >= 0.6 is 0 Å². The Morgan fingerprint density at radius 2 is 2.17 bits per heavy atom. The van der Waals surface area contributed by atoms with E-state index in [1.54, 1.807) is 0 Å². The molecule has 0 aliphatic carbocycles. The predicted molar refractivity (Wildman–Crippen MR) is 68.6 cm³/mol. The lowest BCUT2D eigenvalue weighted by molar-refractivity contribution is -0.129. The molecule has 2 saturated heterocycles. The molecule has 104 valence electrons. The Balaban J connectivity index is 1.85. The summed E-state index contributed by atoms with van der Waals surface area (Å²) in [7, 11) is -1.75. The first-order valence-corrected chi connectivity index (χ1v) is 8.13. The zero-order valence-corrected chi connectivity index (χ0v) is 11.5. The Bertz CT molecular complexity index is 410. The first-order valence-electron chi connectivity index (χ1n) is 6.47. The molecule has 0 radical (unpaired) electrons. The second kappa shape index (κ2) is 5.54. The Labute approximate surface area is 108 Å². The Kier molecular flexibility index (Phi) is 4.24. The first kappa shape index (κ1) is 13.8. The molecule has 0 spiro atoms. The molecule has 6 nitrogen and oxygen atoms in total. The van der Waals surface area contributed by atoms with Crippen molar-refractivity contribution in [2.24, 2.45) is 0 Å². The molecule has 2 heterocycles. The van der Waals surface area contributed by atoms with Gasteiger partial charge in [-0.25, -0.2) is 13.1 Å². The molecule has 0 aromatic carbocycles. The van der Waals surface area contributed by atoms with Crippen LogP contribution in [-0.2, 0) is 14.8 Å². The smallest absolute Gasteiger partial charge is 0.224 e. The third-order valence-electron chi connectivity index (χ3n) is 3.82. The van der Waals surface area contributed by atoms with E-state index in [0.29, 0.717) is 13.0 Å². The van der Waals surface area contributed by atoms with E-state index in [1.165, 1.54) is 7.05 Å². The number of nitrogens with zero attached hydrogens (tertiary/aromatic N) is 1. The summed E-state index contributed by atoms with van der Waals surface area (Å²) in [6.07, 6.45) is 3.77. The zero-order chi connectivity index (χ0) is 13.2. The standard InChI is InChI=1S/C11H21N3O3S/c1-12-18(16,17)7-5-13-9-8-11(15)14-6-3-2-4-10(9)14/h9-10,12-13H,2-8H2,1H3. The van der Waals surface area contributed by atoms with E-state index in [4.69, 9.17) is 0 Å². The van der Waals surface area contributed by atoms with Crippen LogP contribution in [-0.4, -0.2) is 57.2 Å². The maximum absolute atomic E-state index is 11.8. The number of nitrogens with one attached hydrogen (secondary N) is 2. The third kappa shape index (κ3) is 3.02. The highest BCUT2D eigenvalue weighted by Gasteiger charge is 2.40. The SMILES string of the molecule is CNS(=O)(=O)CCNC1CC(=O)N2CCCCC12. The highest BCUT2D eigenvalue weighted by atomic mass is 32.2. The number of fused-ring (bicyclic) bond motifs is 1. The first-order chi connectivity index (χ1) is 8.53. The van der Waals surface area contributed by atoms with Crippen molar-refractivity contribution in [3.8, 4) is 0 Å². The third-order valence-corrected chi connectivity index (χ3v) is 5.18. The number of rotatable bonds is 5. The van der Waals surface area contributed by atoms with Gasteiger partial charge in [0, 0.05) is 31.6 Å². The van der Waals surface area contributed by atoms with Crippen molar-refractivity contribution in [2.45, 2.75) is 37.8 Å². The fourth-order valence-corrected chi connectivity index (χ4v) is 3.41. The van der Waals surface area contributed by atoms with E-state index in [2.05, 4.69) is 10.0 Å². The van der Waals surface area contributed by atoms with Gasteiger partial charge >= 0.3 is 0 Å². The van der Waals surface area contributed by atoms with Gasteiger partial charge in [0.2, 0.25) is 15.9 Å². The number of amides is 1. The molecule has 2 atom stereocenters. The topological polar surface area (TPSA) is 78.5 Å². The number of hydrogen-bond donors (Lipinski definition) is 2. The average Bonchev–Trinajstić information content (AvgIpc) is 2.67. The van der Waals surface area contributed by atoms with Crippen molar-refractivity contribution in [1.82, 2.24) is 14.9 Å². The van der Waals surface area contributed by atoms with Gasteiger partial charge in [0.25, 0.3) is 0 Å². The molecule has 2 rings (SSSR count). The van der Waals surface area contributed by atoms with Gasteiger partial charge in [0.05, 0.1) is 5.75 Å². The van der Waals surface area contributed by atoms with Gasteiger partial charge in [0.15, 0.2) is 0 Å². The minimum absolute atomic E-state index is 0.0565. The monoisotopic (exact) mass is 275 g/mol. The lowest BCUT2D eigenvalue weighted by Crippen LogP contribution is -2.46. The maximum atomic E-state index is 11.8. The molecule has 18 heavy (non-hydrogen) atoms. The van der Waals surface area contributed by atoms with Gasteiger partial charge < -0.3 is 10.2 Å². The van der Waals surface area contributed by atoms with E-state index in [9.17, 15) is 13.2 Å². The summed E-state index contributed by atoms with van der Waals surface area (Å²) >= 11 is 0. The summed E-state index contributed by atoms with van der Waals surface area (Å²) in [5, 5.41) is 3.22. The van der Waals surface area contributed by atoms with Gasteiger partial charge in [-0.15, -0.1) is 0 Å². The fraction of sp³-hybridized carbons (Fsp3) is 0.909. The van der Waals surface area contributed by atoms with Crippen LogP contribution in [0, 0.1) is 0 Å². The summed E-state index contributed by atoms with van der Waals surface area (Å²) in [4.78, 5) is 13.7. The van der Waals surface area contributed by atoms with E-state index >= 15 is 0 Å². The van der Waals surface area contributed by atoms with Gasteiger partial charge in [0.1, 0.15) is 0 Å². The Hall–Kier alpha value is -0.660. The Morgan fingerprint density at radius 1 is 1.39 bits per heavy atom. The number of carbonyl (C=O) groups excluding carboxylic acids is 1. The van der Waals surface area contributed by atoms with Crippen LogP contribution in [0.25, 0.3) is 0 Å². The lowest BCUT2D eigenvalue weighted by atomic mass is 9.99. The maximum Gasteiger partial charge on any atom is 0.224 e. The molecule has 7 heteroatoms. The normalized spacial score (nSPS) is 28.5. The lowest BCUT2D eigenvalue weighted by Gasteiger charge is -2.32. The molecule has 2 N–H and O–H groups in total. The van der Waals surface area contributed by atoms with Crippen LogP contribution in [0.15, 0.2) is 0 Å². The average molecular weight is 275 g/mol. The van der Waals surface area contributed by atoms with Gasteiger partial charge in [-0.05, 0) is 26.3 Å². The van der Waals surface area contributed by atoms with Gasteiger partial charge in [-0.3, -0.25) is 4.79 Å². The van der Waals surface area contributed by atoms with Crippen LogP contribution in [0.1, 0.15) is 25.7 Å². The zero-order valence-electron chi connectivity index (χ0n) is 10.7. The largest absolute Gasteiger partial charge is 0.338 e.